The van der Waals surface area contributed by atoms with E-state index in [9.17, 15) is 19.5 Å². The number of amides is 2. The van der Waals surface area contributed by atoms with Gasteiger partial charge in [-0.05, 0) is 36.2 Å². The number of anilines is 2. The second-order valence-corrected chi connectivity index (χ2v) is 9.79. The number of carbonyl (C=O) groups excluding carboxylic acids is 2. The lowest BCUT2D eigenvalue weighted by Gasteiger charge is -2.28. The maximum absolute atomic E-state index is 13.2. The van der Waals surface area contributed by atoms with E-state index >= 15 is 0 Å². The summed E-state index contributed by atoms with van der Waals surface area (Å²) in [6.45, 7) is 4.08. The van der Waals surface area contributed by atoms with Gasteiger partial charge in [0.1, 0.15) is 18.1 Å². The molecule has 4 N–H and O–H groups in total. The van der Waals surface area contributed by atoms with Gasteiger partial charge < -0.3 is 34.9 Å². The number of ether oxygens (including phenoxy) is 1. The minimum atomic E-state index is -0.792. The van der Waals surface area contributed by atoms with Gasteiger partial charge in [0.2, 0.25) is 5.91 Å². The highest BCUT2D eigenvalue weighted by molar-refractivity contribution is 6.33. The Hall–Kier alpha value is -4.35. The van der Waals surface area contributed by atoms with Gasteiger partial charge >= 0.3 is 0 Å². The van der Waals surface area contributed by atoms with Gasteiger partial charge in [-0.25, -0.2) is 4.98 Å². The van der Waals surface area contributed by atoms with Crippen LogP contribution in [0.4, 0.5) is 11.5 Å². The summed E-state index contributed by atoms with van der Waals surface area (Å²) in [5.41, 5.74) is 7.53. The molecule has 0 spiro atoms. The van der Waals surface area contributed by atoms with Crippen LogP contribution in [0, 0.1) is 6.92 Å². The van der Waals surface area contributed by atoms with Crippen molar-refractivity contribution in [3.05, 3.63) is 69.4 Å². The van der Waals surface area contributed by atoms with Gasteiger partial charge in [-0.15, -0.1) is 0 Å². The number of carbonyl (C=O) groups is 2. The smallest absolute Gasteiger partial charge is 0.260 e. The summed E-state index contributed by atoms with van der Waals surface area (Å²) in [6.07, 6.45) is 4.79. The fourth-order valence-electron chi connectivity index (χ4n) is 4.71. The predicted octanol–water partition coefficient (Wildman–Crippen LogP) is 2.64. The van der Waals surface area contributed by atoms with E-state index in [1.54, 1.807) is 49.1 Å². The lowest BCUT2D eigenvalue weighted by Crippen LogP contribution is -2.36. The zero-order valence-corrected chi connectivity index (χ0v) is 22.2. The predicted molar refractivity (Wildman–Crippen MR) is 148 cm³/mol. The Morgan fingerprint density at radius 1 is 1.23 bits per heavy atom. The van der Waals surface area contributed by atoms with Crippen LogP contribution in [0.2, 0.25) is 5.02 Å². The number of nitrogens with two attached hydrogens (primary N) is 1. The van der Waals surface area contributed by atoms with Gasteiger partial charge in [-0.2, -0.15) is 0 Å². The largest absolute Gasteiger partial charge is 0.507 e. The Morgan fingerprint density at radius 2 is 1.97 bits per heavy atom. The highest BCUT2D eigenvalue weighted by Crippen LogP contribution is 2.34. The van der Waals surface area contributed by atoms with E-state index in [1.165, 1.54) is 16.8 Å². The van der Waals surface area contributed by atoms with Crippen LogP contribution in [0.1, 0.15) is 15.9 Å². The highest BCUT2D eigenvalue weighted by atomic mass is 35.5. The van der Waals surface area contributed by atoms with E-state index in [4.69, 9.17) is 22.1 Å². The number of nitrogens with one attached hydrogen (secondary N) is 1. The zero-order valence-electron chi connectivity index (χ0n) is 21.4. The van der Waals surface area contributed by atoms with Crippen LogP contribution in [-0.4, -0.2) is 57.3 Å². The molecule has 3 aromatic heterocycles. The molecule has 5 rings (SSSR count). The number of hydrogen-bond donors (Lipinski definition) is 3. The summed E-state index contributed by atoms with van der Waals surface area (Å²) in [5.74, 6) is -0.685. The van der Waals surface area contributed by atoms with Crippen molar-refractivity contribution in [2.75, 3.05) is 36.5 Å². The van der Waals surface area contributed by atoms with Crippen molar-refractivity contribution in [3.8, 4) is 16.9 Å². The lowest BCUT2D eigenvalue weighted by atomic mass is 9.99. The number of morpholine rings is 1. The third-order valence-corrected chi connectivity index (χ3v) is 7.05. The fourth-order valence-corrected chi connectivity index (χ4v) is 4.86. The number of phenols is 1. The van der Waals surface area contributed by atoms with Crippen molar-refractivity contribution in [1.29, 1.82) is 0 Å². The molecule has 0 saturated carbocycles. The standard InChI is InChI=1S/C27H27ClN6O5/c1-15-9-16(10-17(25(15)36)26(29)37)18-13-34(21-3-4-32(2)27(38)24(18)21)14-23(35)31-20-11-22(30-12-19(20)28)33-5-7-39-8-6-33/h3-4,9-13,36H,5-8,14H2,1-2H3,(H2,29,37)(H,30,31,35). The molecular weight excluding hydrogens is 524 g/mol. The van der Waals surface area contributed by atoms with Gasteiger partial charge in [-0.1, -0.05) is 11.6 Å². The first kappa shape index (κ1) is 26.3. The topological polar surface area (TPSA) is 145 Å². The summed E-state index contributed by atoms with van der Waals surface area (Å²) in [6, 6.07) is 6.58. The third kappa shape index (κ3) is 5.06. The maximum atomic E-state index is 13.2. The van der Waals surface area contributed by atoms with Crippen LogP contribution >= 0.6 is 11.6 Å². The van der Waals surface area contributed by atoms with Gasteiger partial charge in [-0.3, -0.25) is 14.4 Å². The van der Waals surface area contributed by atoms with Gasteiger partial charge in [0.15, 0.2) is 0 Å². The first-order valence-electron chi connectivity index (χ1n) is 12.2. The van der Waals surface area contributed by atoms with Crippen LogP contribution in [0.25, 0.3) is 22.0 Å². The van der Waals surface area contributed by atoms with E-state index in [0.717, 1.165) is 0 Å². The van der Waals surface area contributed by atoms with Crippen molar-refractivity contribution in [2.45, 2.75) is 13.5 Å². The molecule has 1 aliphatic rings. The van der Waals surface area contributed by atoms with Gasteiger partial charge in [0.25, 0.3) is 11.5 Å². The van der Waals surface area contributed by atoms with E-state index in [-0.39, 0.29) is 29.3 Å². The summed E-state index contributed by atoms with van der Waals surface area (Å²) >= 11 is 6.34. The third-order valence-electron chi connectivity index (χ3n) is 6.75. The number of benzene rings is 1. The quantitative estimate of drug-likeness (QED) is 0.334. The van der Waals surface area contributed by atoms with Crippen LogP contribution in [0.15, 0.2) is 47.7 Å². The molecule has 0 aliphatic carbocycles. The van der Waals surface area contributed by atoms with E-state index in [1.807, 2.05) is 0 Å². The van der Waals surface area contributed by atoms with Crippen LogP contribution in [-0.2, 0) is 23.1 Å². The number of aromatic nitrogens is 3. The molecule has 12 heteroatoms. The molecule has 2 amide bonds. The molecule has 4 aromatic rings. The minimum absolute atomic E-state index is 0.0557. The molecule has 0 unspecified atom stereocenters. The number of nitrogens with zero attached hydrogens (tertiary/aromatic N) is 4. The number of pyridine rings is 2. The number of fused-ring (bicyclic) bond motifs is 1. The van der Waals surface area contributed by atoms with Crippen molar-refractivity contribution in [2.24, 2.45) is 12.8 Å². The molecule has 11 nitrogen and oxygen atoms in total. The molecule has 39 heavy (non-hydrogen) atoms. The number of aromatic hydroxyl groups is 1. The number of hydrogen-bond acceptors (Lipinski definition) is 7. The molecule has 1 fully saturated rings. The maximum Gasteiger partial charge on any atom is 0.260 e. The lowest BCUT2D eigenvalue weighted by molar-refractivity contribution is -0.116. The SMILES string of the molecule is Cc1cc(-c2cn(CC(=O)Nc3cc(N4CCOCC4)ncc3Cl)c3ccn(C)c(=O)c23)cc(C(N)=O)c1O. The molecular formula is C27H27ClN6O5. The molecule has 0 bridgehead atoms. The van der Waals surface area contributed by atoms with Crippen molar-refractivity contribution in [1.82, 2.24) is 14.1 Å². The normalized spacial score (nSPS) is 13.6. The molecule has 1 saturated heterocycles. The van der Waals surface area contributed by atoms with Crippen molar-refractivity contribution >= 4 is 45.8 Å². The number of halogens is 1. The first-order valence-corrected chi connectivity index (χ1v) is 12.6. The second-order valence-electron chi connectivity index (χ2n) is 9.39. The van der Waals surface area contributed by atoms with E-state index in [0.29, 0.717) is 70.4 Å². The molecule has 0 atom stereocenters. The Kier molecular flexibility index (Phi) is 7.02. The Balaban J connectivity index is 1.51. The van der Waals surface area contributed by atoms with E-state index in [2.05, 4.69) is 15.2 Å². The second kappa shape index (κ2) is 10.4. The van der Waals surface area contributed by atoms with Gasteiger partial charge in [0.05, 0.1) is 46.6 Å². The summed E-state index contributed by atoms with van der Waals surface area (Å²) < 4.78 is 8.49. The summed E-state index contributed by atoms with van der Waals surface area (Å²) in [7, 11) is 1.63. The first-order chi connectivity index (χ1) is 18.6. The van der Waals surface area contributed by atoms with E-state index < -0.39 is 5.91 Å². The van der Waals surface area contributed by atoms with Crippen molar-refractivity contribution in [3.63, 3.8) is 0 Å². The van der Waals surface area contributed by atoms with Crippen LogP contribution in [0.5, 0.6) is 5.75 Å². The van der Waals surface area contributed by atoms with Gasteiger partial charge in [0, 0.05) is 44.2 Å². The number of aryl methyl sites for hydroxylation is 2. The Labute approximate surface area is 228 Å². The Morgan fingerprint density at radius 3 is 2.69 bits per heavy atom. The minimum Gasteiger partial charge on any atom is -0.507 e. The Bertz CT molecular complexity index is 1670. The van der Waals surface area contributed by atoms with Crippen LogP contribution in [0.3, 0.4) is 0 Å². The molecule has 4 heterocycles. The zero-order chi connectivity index (χ0) is 27.8. The average Bonchev–Trinajstić information content (AvgIpc) is 3.28. The molecule has 1 aromatic carbocycles. The molecule has 0 radical (unpaired) electrons. The summed E-state index contributed by atoms with van der Waals surface area (Å²) in [5, 5.41) is 13.8. The number of primary amides is 1. The molecule has 1 aliphatic heterocycles. The average molecular weight is 551 g/mol. The number of rotatable bonds is 6. The highest BCUT2D eigenvalue weighted by Gasteiger charge is 2.20. The monoisotopic (exact) mass is 550 g/mol. The fraction of sp³-hybridized carbons (Fsp3) is 0.259. The summed E-state index contributed by atoms with van der Waals surface area (Å²) in [4.78, 5) is 44.7. The van der Waals surface area contributed by atoms with Crippen LogP contribution < -0.4 is 21.5 Å². The molecule has 202 valence electrons. The van der Waals surface area contributed by atoms with Crippen molar-refractivity contribution < 1.29 is 19.4 Å².